The minimum Gasteiger partial charge on any atom is -0.395 e. The van der Waals surface area contributed by atoms with Crippen molar-refractivity contribution in [1.29, 1.82) is 0 Å². The molecule has 4 heteroatoms. The summed E-state index contributed by atoms with van der Waals surface area (Å²) in [5, 5.41) is 10.8. The van der Waals surface area contributed by atoms with Crippen molar-refractivity contribution >= 4 is 11.3 Å². The van der Waals surface area contributed by atoms with Crippen LogP contribution in [-0.4, -0.2) is 42.9 Å². The number of nitrogens with zero attached hydrogens (tertiary/aromatic N) is 1. The van der Waals surface area contributed by atoms with E-state index in [-0.39, 0.29) is 6.61 Å². The van der Waals surface area contributed by atoms with E-state index in [9.17, 15) is 0 Å². The van der Waals surface area contributed by atoms with Crippen molar-refractivity contribution < 1.29 is 9.84 Å². The van der Waals surface area contributed by atoms with Crippen molar-refractivity contribution in [3.05, 3.63) is 21.9 Å². The average Bonchev–Trinajstić information content (AvgIpc) is 3.02. The van der Waals surface area contributed by atoms with Gasteiger partial charge < -0.3 is 9.84 Å². The van der Waals surface area contributed by atoms with Crippen LogP contribution in [0.3, 0.4) is 0 Å². The molecule has 2 rings (SSSR count). The molecule has 0 aliphatic carbocycles. The molecule has 3 nitrogen and oxygen atoms in total. The van der Waals surface area contributed by atoms with Gasteiger partial charge in [-0.2, -0.15) is 0 Å². The predicted molar refractivity (Wildman–Crippen MR) is 78.2 cm³/mol. The molecule has 1 fully saturated rings. The van der Waals surface area contributed by atoms with E-state index in [2.05, 4.69) is 35.2 Å². The molecular weight excluding hydrogens is 258 g/mol. The van der Waals surface area contributed by atoms with Crippen LogP contribution in [0, 0.1) is 11.8 Å². The van der Waals surface area contributed by atoms with Gasteiger partial charge in [-0.25, -0.2) is 0 Å². The van der Waals surface area contributed by atoms with Crippen molar-refractivity contribution in [3.8, 4) is 11.8 Å². The molecule has 1 aromatic rings. The smallest absolute Gasteiger partial charge is 0.0702 e. The predicted octanol–water partition coefficient (Wildman–Crippen LogP) is 2.09. The first-order valence-electron chi connectivity index (χ1n) is 6.75. The van der Waals surface area contributed by atoms with E-state index in [4.69, 9.17) is 9.84 Å². The van der Waals surface area contributed by atoms with Gasteiger partial charge in [0.25, 0.3) is 0 Å². The number of aliphatic hydroxyl groups excluding tert-OH is 1. The van der Waals surface area contributed by atoms with Gasteiger partial charge in [-0.3, -0.25) is 4.90 Å². The Morgan fingerprint density at radius 2 is 2.47 bits per heavy atom. The minimum atomic E-state index is 0.133. The summed E-state index contributed by atoms with van der Waals surface area (Å²) in [6.45, 7) is 3.01. The van der Waals surface area contributed by atoms with Crippen molar-refractivity contribution in [3.63, 3.8) is 0 Å². The number of likely N-dealkylation sites (N-methyl/N-ethyl adjacent to an activating group) is 1. The minimum absolute atomic E-state index is 0.133. The Bertz CT molecular complexity index is 440. The Hall–Kier alpha value is -0.860. The molecular formula is C15H21NO2S. The Balaban J connectivity index is 1.80. The monoisotopic (exact) mass is 279 g/mol. The second-order valence-electron chi connectivity index (χ2n) is 4.91. The molecule has 0 aromatic carbocycles. The molecule has 104 valence electrons. The van der Waals surface area contributed by atoms with Crippen LogP contribution < -0.4 is 0 Å². The summed E-state index contributed by atoms with van der Waals surface area (Å²) >= 11 is 1.75. The van der Waals surface area contributed by atoms with Crippen LogP contribution in [-0.2, 0) is 11.3 Å². The second-order valence-corrected chi connectivity index (χ2v) is 5.90. The summed E-state index contributed by atoms with van der Waals surface area (Å²) in [4.78, 5) is 3.64. The fraction of sp³-hybridized carbons (Fsp3) is 0.600. The van der Waals surface area contributed by atoms with Crippen LogP contribution in [0.25, 0.3) is 0 Å². The highest BCUT2D eigenvalue weighted by atomic mass is 32.1. The summed E-state index contributed by atoms with van der Waals surface area (Å²) < 4.78 is 5.65. The standard InChI is InChI=1S/C15H21NO2S/c1-16(10-14-6-4-8-18-14)11-15-9-13(12-19-15)5-2-3-7-17/h9,12,14,17H,3-4,6-8,10-11H2,1H3. The lowest BCUT2D eigenvalue weighted by Crippen LogP contribution is -2.27. The number of hydrogen-bond acceptors (Lipinski definition) is 4. The van der Waals surface area contributed by atoms with Gasteiger partial charge in [0.15, 0.2) is 0 Å². The molecule has 1 aliphatic heterocycles. The fourth-order valence-corrected chi connectivity index (χ4v) is 3.11. The highest BCUT2D eigenvalue weighted by molar-refractivity contribution is 7.10. The average molecular weight is 279 g/mol. The quantitative estimate of drug-likeness (QED) is 0.838. The molecule has 1 unspecified atom stereocenters. The lowest BCUT2D eigenvalue weighted by molar-refractivity contribution is 0.0796. The first kappa shape index (κ1) is 14.5. The van der Waals surface area contributed by atoms with E-state index in [0.29, 0.717) is 12.5 Å². The summed E-state index contributed by atoms with van der Waals surface area (Å²) in [7, 11) is 2.14. The number of rotatable bonds is 5. The Labute approximate surface area is 119 Å². The molecule has 1 N–H and O–H groups in total. The third-order valence-electron chi connectivity index (χ3n) is 3.09. The van der Waals surface area contributed by atoms with Gasteiger partial charge in [0.05, 0.1) is 12.7 Å². The Morgan fingerprint density at radius 1 is 1.58 bits per heavy atom. The first-order valence-corrected chi connectivity index (χ1v) is 7.63. The molecule has 1 atom stereocenters. The maximum atomic E-state index is 8.69. The van der Waals surface area contributed by atoms with E-state index >= 15 is 0 Å². The molecule has 1 saturated heterocycles. The maximum Gasteiger partial charge on any atom is 0.0702 e. The topological polar surface area (TPSA) is 32.7 Å². The van der Waals surface area contributed by atoms with Crippen molar-refractivity contribution in [2.24, 2.45) is 0 Å². The van der Waals surface area contributed by atoms with E-state index in [1.807, 2.05) is 0 Å². The molecule has 0 amide bonds. The van der Waals surface area contributed by atoms with Crippen molar-refractivity contribution in [2.45, 2.75) is 31.9 Å². The molecule has 1 aliphatic rings. The van der Waals surface area contributed by atoms with Gasteiger partial charge in [-0.15, -0.1) is 11.3 Å². The zero-order valence-corrected chi connectivity index (χ0v) is 12.2. The van der Waals surface area contributed by atoms with Crippen LogP contribution >= 0.6 is 11.3 Å². The maximum absolute atomic E-state index is 8.69. The zero-order valence-electron chi connectivity index (χ0n) is 11.4. The second kappa shape index (κ2) is 7.66. The molecule has 19 heavy (non-hydrogen) atoms. The third kappa shape index (κ3) is 4.96. The summed E-state index contributed by atoms with van der Waals surface area (Å²) in [5.41, 5.74) is 1.05. The molecule has 0 bridgehead atoms. The highest BCUT2D eigenvalue weighted by Gasteiger charge is 2.17. The Kier molecular flexibility index (Phi) is 5.87. The number of aliphatic hydroxyl groups is 1. The largest absolute Gasteiger partial charge is 0.395 e. The SMILES string of the molecule is CN(Cc1cc(C#CCCO)cs1)CC1CCCO1. The Morgan fingerprint density at radius 3 is 3.21 bits per heavy atom. The molecule has 2 heterocycles. The zero-order chi connectivity index (χ0) is 13.5. The third-order valence-corrected chi connectivity index (χ3v) is 4.01. The van der Waals surface area contributed by atoms with Crippen LogP contribution in [0.1, 0.15) is 29.7 Å². The van der Waals surface area contributed by atoms with Crippen molar-refractivity contribution in [2.75, 3.05) is 26.8 Å². The fourth-order valence-electron chi connectivity index (χ4n) is 2.22. The van der Waals surface area contributed by atoms with Gasteiger partial charge in [0.1, 0.15) is 0 Å². The lowest BCUT2D eigenvalue weighted by Gasteiger charge is -2.19. The van der Waals surface area contributed by atoms with Gasteiger partial charge in [-0.1, -0.05) is 11.8 Å². The molecule has 0 spiro atoms. The van der Waals surface area contributed by atoms with Crippen LogP contribution in [0.4, 0.5) is 0 Å². The number of ether oxygens (including phenoxy) is 1. The van der Waals surface area contributed by atoms with Gasteiger partial charge >= 0.3 is 0 Å². The van der Waals surface area contributed by atoms with Crippen molar-refractivity contribution in [1.82, 2.24) is 4.90 Å². The van der Waals surface area contributed by atoms with E-state index in [0.717, 1.165) is 25.3 Å². The summed E-state index contributed by atoms with van der Waals surface area (Å²) in [6.07, 6.45) is 3.34. The molecule has 0 radical (unpaired) electrons. The summed E-state index contributed by atoms with van der Waals surface area (Å²) in [5.74, 6) is 6.02. The molecule has 1 aromatic heterocycles. The first-order chi connectivity index (χ1) is 9.28. The number of thiophene rings is 1. The van der Waals surface area contributed by atoms with E-state index in [1.54, 1.807) is 11.3 Å². The normalized spacial score (nSPS) is 18.6. The van der Waals surface area contributed by atoms with Gasteiger partial charge in [0, 0.05) is 41.9 Å². The summed E-state index contributed by atoms with van der Waals surface area (Å²) in [6, 6.07) is 2.14. The van der Waals surface area contributed by atoms with Gasteiger partial charge in [0.2, 0.25) is 0 Å². The van der Waals surface area contributed by atoms with Crippen LogP contribution in [0.2, 0.25) is 0 Å². The number of hydrogen-bond donors (Lipinski definition) is 1. The van der Waals surface area contributed by atoms with E-state index < -0.39 is 0 Å². The molecule has 0 saturated carbocycles. The van der Waals surface area contributed by atoms with Crippen LogP contribution in [0.15, 0.2) is 11.4 Å². The highest BCUT2D eigenvalue weighted by Crippen LogP contribution is 2.18. The lowest BCUT2D eigenvalue weighted by atomic mass is 10.2. The van der Waals surface area contributed by atoms with Crippen LogP contribution in [0.5, 0.6) is 0 Å². The van der Waals surface area contributed by atoms with E-state index in [1.165, 1.54) is 17.7 Å². The van der Waals surface area contributed by atoms with Gasteiger partial charge in [-0.05, 0) is 26.0 Å².